The quantitative estimate of drug-likeness (QED) is 0.742. The zero-order chi connectivity index (χ0) is 14.7. The monoisotopic (exact) mass is 278 g/mol. The Morgan fingerprint density at radius 2 is 2.10 bits per heavy atom. The highest BCUT2D eigenvalue weighted by Crippen LogP contribution is 2.18. The summed E-state index contributed by atoms with van der Waals surface area (Å²) in [7, 11) is 0. The normalized spacial score (nSPS) is 20.7. The second-order valence-corrected chi connectivity index (χ2v) is 4.73. The summed E-state index contributed by atoms with van der Waals surface area (Å²) in [5, 5.41) is 14.1. The minimum atomic E-state index is -0.903. The number of urea groups is 1. The van der Waals surface area contributed by atoms with E-state index in [1.807, 2.05) is 0 Å². The fraction of sp³-hybridized carbons (Fsp3) is 0.286. The summed E-state index contributed by atoms with van der Waals surface area (Å²) in [4.78, 5) is 22.5. The molecule has 20 heavy (non-hydrogen) atoms. The first kappa shape index (κ1) is 14.0. The minimum absolute atomic E-state index is 0.308. The predicted octanol–water partition coefficient (Wildman–Crippen LogP) is 2.28. The van der Waals surface area contributed by atoms with E-state index < -0.39 is 17.9 Å². The Morgan fingerprint density at radius 1 is 1.35 bits per heavy atom. The van der Waals surface area contributed by atoms with Crippen LogP contribution in [0.3, 0.4) is 0 Å². The molecular formula is C14H15FN2O3. The molecule has 0 saturated carbocycles. The number of nitrogens with one attached hydrogen (secondary N) is 2. The van der Waals surface area contributed by atoms with Gasteiger partial charge in [-0.05, 0) is 37.1 Å². The number of aliphatic carboxylic acids is 1. The molecule has 1 aromatic rings. The molecule has 5 nitrogen and oxygen atoms in total. The number of rotatable bonds is 3. The highest BCUT2D eigenvalue weighted by atomic mass is 19.1. The van der Waals surface area contributed by atoms with Crippen molar-refractivity contribution in [1.82, 2.24) is 5.32 Å². The summed E-state index contributed by atoms with van der Waals surface area (Å²) >= 11 is 0. The van der Waals surface area contributed by atoms with Crippen molar-refractivity contribution in [1.29, 1.82) is 0 Å². The summed E-state index contributed by atoms with van der Waals surface area (Å²) in [6.45, 7) is 1.61. The molecule has 0 fully saturated rings. The van der Waals surface area contributed by atoms with Crippen molar-refractivity contribution < 1.29 is 19.1 Å². The molecular weight excluding hydrogens is 263 g/mol. The Bertz CT molecular complexity index is 572. The maximum Gasteiger partial charge on any atom is 0.319 e. The SMILES string of the molecule is Cc1cc(NC(=O)NC2C=CC(C(=O)O)C2)ccc1F. The van der Waals surface area contributed by atoms with Crippen molar-refractivity contribution in [3.63, 3.8) is 0 Å². The van der Waals surface area contributed by atoms with Gasteiger partial charge in [-0.1, -0.05) is 12.2 Å². The zero-order valence-electron chi connectivity index (χ0n) is 10.9. The Morgan fingerprint density at radius 3 is 2.70 bits per heavy atom. The van der Waals surface area contributed by atoms with Gasteiger partial charge in [0.05, 0.1) is 12.0 Å². The standard InChI is InChI=1S/C14H15FN2O3/c1-8-6-10(4-5-12(8)15)16-14(20)17-11-3-2-9(7-11)13(18)19/h2-6,9,11H,7H2,1H3,(H,18,19)(H2,16,17,20). The number of carbonyl (C=O) groups excluding carboxylic acids is 1. The van der Waals surface area contributed by atoms with E-state index in [9.17, 15) is 14.0 Å². The second-order valence-electron chi connectivity index (χ2n) is 4.73. The number of carbonyl (C=O) groups is 2. The number of amides is 2. The third-order valence-corrected chi connectivity index (χ3v) is 3.13. The molecule has 1 aliphatic rings. The number of benzene rings is 1. The van der Waals surface area contributed by atoms with Gasteiger partial charge in [0.1, 0.15) is 5.82 Å². The van der Waals surface area contributed by atoms with Crippen molar-refractivity contribution in [2.45, 2.75) is 19.4 Å². The van der Waals surface area contributed by atoms with E-state index in [0.29, 0.717) is 17.7 Å². The molecule has 0 radical (unpaired) electrons. The summed E-state index contributed by atoms with van der Waals surface area (Å²) in [5.74, 6) is -1.80. The van der Waals surface area contributed by atoms with Crippen LogP contribution in [0.2, 0.25) is 0 Å². The Kier molecular flexibility index (Phi) is 4.02. The number of hydrogen-bond acceptors (Lipinski definition) is 2. The zero-order valence-corrected chi connectivity index (χ0v) is 10.9. The third-order valence-electron chi connectivity index (χ3n) is 3.13. The van der Waals surface area contributed by atoms with Gasteiger partial charge in [-0.3, -0.25) is 4.79 Å². The Balaban J connectivity index is 1.89. The summed E-state index contributed by atoms with van der Waals surface area (Å²) in [6.07, 6.45) is 3.56. The van der Waals surface area contributed by atoms with Gasteiger partial charge in [-0.2, -0.15) is 0 Å². The number of carboxylic acids is 1. The molecule has 2 rings (SSSR count). The molecule has 2 unspecified atom stereocenters. The first-order valence-electron chi connectivity index (χ1n) is 6.20. The van der Waals surface area contributed by atoms with Crippen LogP contribution in [0.4, 0.5) is 14.9 Å². The molecule has 2 atom stereocenters. The molecule has 6 heteroatoms. The lowest BCUT2D eigenvalue weighted by Crippen LogP contribution is -2.36. The van der Waals surface area contributed by atoms with Crippen LogP contribution in [0.25, 0.3) is 0 Å². The van der Waals surface area contributed by atoms with Gasteiger partial charge >= 0.3 is 12.0 Å². The number of carboxylic acid groups (broad SMARTS) is 1. The molecule has 0 aliphatic heterocycles. The third kappa shape index (κ3) is 3.34. The van der Waals surface area contributed by atoms with Gasteiger partial charge in [0.15, 0.2) is 0 Å². The van der Waals surface area contributed by atoms with Crippen LogP contribution >= 0.6 is 0 Å². The van der Waals surface area contributed by atoms with Crippen molar-refractivity contribution in [2.75, 3.05) is 5.32 Å². The molecule has 3 N–H and O–H groups in total. The van der Waals surface area contributed by atoms with E-state index >= 15 is 0 Å². The fourth-order valence-corrected chi connectivity index (χ4v) is 2.05. The molecule has 2 amide bonds. The lowest BCUT2D eigenvalue weighted by atomic mass is 10.1. The van der Waals surface area contributed by atoms with Crippen molar-refractivity contribution in [3.8, 4) is 0 Å². The Labute approximate surface area is 115 Å². The Hall–Kier alpha value is -2.37. The van der Waals surface area contributed by atoms with Crippen LogP contribution in [-0.2, 0) is 4.79 Å². The number of anilines is 1. The molecule has 0 aromatic heterocycles. The number of hydrogen-bond donors (Lipinski definition) is 3. The molecule has 0 heterocycles. The molecule has 106 valence electrons. The van der Waals surface area contributed by atoms with Crippen LogP contribution in [0.1, 0.15) is 12.0 Å². The predicted molar refractivity (Wildman–Crippen MR) is 72.0 cm³/mol. The maximum absolute atomic E-state index is 13.1. The van der Waals surface area contributed by atoms with Gasteiger partial charge < -0.3 is 15.7 Å². The van der Waals surface area contributed by atoms with Crippen LogP contribution in [0, 0.1) is 18.7 Å². The first-order chi connectivity index (χ1) is 9.45. The van der Waals surface area contributed by atoms with E-state index in [1.54, 1.807) is 19.1 Å². The lowest BCUT2D eigenvalue weighted by Gasteiger charge is -2.13. The molecule has 0 spiro atoms. The lowest BCUT2D eigenvalue weighted by molar-refractivity contribution is -0.140. The van der Waals surface area contributed by atoms with E-state index in [1.165, 1.54) is 18.2 Å². The number of halogens is 1. The first-order valence-corrected chi connectivity index (χ1v) is 6.20. The van der Waals surface area contributed by atoms with E-state index in [2.05, 4.69) is 10.6 Å². The highest BCUT2D eigenvalue weighted by Gasteiger charge is 2.25. The summed E-state index contributed by atoms with van der Waals surface area (Å²) in [5.41, 5.74) is 0.924. The summed E-state index contributed by atoms with van der Waals surface area (Å²) in [6, 6.07) is 3.52. The molecule has 1 aromatic carbocycles. The van der Waals surface area contributed by atoms with Crippen molar-refractivity contribution in [3.05, 3.63) is 41.7 Å². The van der Waals surface area contributed by atoms with E-state index in [-0.39, 0.29) is 11.9 Å². The number of aryl methyl sites for hydroxylation is 1. The fourth-order valence-electron chi connectivity index (χ4n) is 2.05. The van der Waals surface area contributed by atoms with Crippen molar-refractivity contribution in [2.24, 2.45) is 5.92 Å². The minimum Gasteiger partial charge on any atom is -0.481 e. The molecule has 1 aliphatic carbocycles. The topological polar surface area (TPSA) is 78.4 Å². The van der Waals surface area contributed by atoms with E-state index in [4.69, 9.17) is 5.11 Å². The summed E-state index contributed by atoms with van der Waals surface area (Å²) < 4.78 is 13.1. The van der Waals surface area contributed by atoms with Gasteiger partial charge in [-0.15, -0.1) is 0 Å². The average molecular weight is 278 g/mol. The smallest absolute Gasteiger partial charge is 0.319 e. The van der Waals surface area contributed by atoms with Gasteiger partial charge in [-0.25, -0.2) is 9.18 Å². The average Bonchev–Trinajstić information content (AvgIpc) is 2.82. The van der Waals surface area contributed by atoms with Crippen LogP contribution in [0.15, 0.2) is 30.4 Å². The molecule has 0 saturated heterocycles. The van der Waals surface area contributed by atoms with E-state index in [0.717, 1.165) is 0 Å². The van der Waals surface area contributed by atoms with Gasteiger partial charge in [0.2, 0.25) is 0 Å². The van der Waals surface area contributed by atoms with Gasteiger partial charge in [0.25, 0.3) is 0 Å². The molecule has 0 bridgehead atoms. The second kappa shape index (κ2) is 5.73. The van der Waals surface area contributed by atoms with Crippen LogP contribution < -0.4 is 10.6 Å². The van der Waals surface area contributed by atoms with Crippen LogP contribution in [0.5, 0.6) is 0 Å². The largest absolute Gasteiger partial charge is 0.481 e. The van der Waals surface area contributed by atoms with Crippen molar-refractivity contribution >= 4 is 17.7 Å². The maximum atomic E-state index is 13.1. The highest BCUT2D eigenvalue weighted by molar-refractivity contribution is 5.89. The van der Waals surface area contributed by atoms with Gasteiger partial charge in [0, 0.05) is 5.69 Å². The van der Waals surface area contributed by atoms with Crippen LogP contribution in [-0.4, -0.2) is 23.1 Å².